The van der Waals surface area contributed by atoms with Crippen LogP contribution in [0.1, 0.15) is 53.9 Å². The first kappa shape index (κ1) is 28.2. The second-order valence-electron chi connectivity index (χ2n) is 9.89. The molecule has 0 aliphatic carbocycles. The van der Waals surface area contributed by atoms with Crippen molar-refractivity contribution in [3.63, 3.8) is 0 Å². The Kier molecular flexibility index (Phi) is 8.05. The maximum atomic E-state index is 14.1. The number of aromatic nitrogens is 4. The molecule has 42 heavy (non-hydrogen) atoms. The molecular formula is C32H28FN5O4. The second kappa shape index (κ2) is 12.0. The van der Waals surface area contributed by atoms with Crippen LogP contribution < -0.4 is 11.2 Å². The maximum Gasteiger partial charge on any atom is 0.357 e. The number of nitro groups is 1. The molecule has 2 atom stereocenters. The number of benzene rings is 3. The van der Waals surface area contributed by atoms with Crippen LogP contribution in [-0.2, 0) is 6.54 Å². The van der Waals surface area contributed by atoms with Crippen molar-refractivity contribution in [2.75, 3.05) is 0 Å². The van der Waals surface area contributed by atoms with Gasteiger partial charge in [0.05, 0.1) is 29.7 Å². The zero-order valence-corrected chi connectivity index (χ0v) is 23.0. The van der Waals surface area contributed by atoms with Crippen molar-refractivity contribution in [1.82, 2.24) is 18.9 Å². The largest absolute Gasteiger partial charge is 0.357 e. The van der Waals surface area contributed by atoms with Gasteiger partial charge in [0, 0.05) is 17.3 Å². The summed E-state index contributed by atoms with van der Waals surface area (Å²) in [5.74, 6) is -0.357. The van der Waals surface area contributed by atoms with E-state index in [-0.39, 0.29) is 18.1 Å². The molecule has 0 bridgehead atoms. The highest BCUT2D eigenvalue weighted by molar-refractivity contribution is 5.71. The van der Waals surface area contributed by atoms with E-state index in [1.165, 1.54) is 27.6 Å². The molecule has 0 saturated heterocycles. The van der Waals surface area contributed by atoms with Gasteiger partial charge in [0.15, 0.2) is 0 Å². The Hall–Kier alpha value is -5.38. The lowest BCUT2D eigenvalue weighted by molar-refractivity contribution is -0.387. The Bertz CT molecular complexity index is 1880. The van der Waals surface area contributed by atoms with Crippen LogP contribution in [0.15, 0.2) is 107 Å². The monoisotopic (exact) mass is 565 g/mol. The van der Waals surface area contributed by atoms with Gasteiger partial charge < -0.3 is 0 Å². The first-order valence-electron chi connectivity index (χ1n) is 13.4. The molecule has 2 unspecified atom stereocenters. The molecule has 5 rings (SSSR count). The molecule has 0 amide bonds. The zero-order valence-electron chi connectivity index (χ0n) is 23.0. The van der Waals surface area contributed by atoms with Gasteiger partial charge in [0.25, 0.3) is 0 Å². The maximum absolute atomic E-state index is 14.1. The van der Waals surface area contributed by atoms with E-state index in [1.807, 2.05) is 36.4 Å². The molecule has 0 radical (unpaired) electrons. The third kappa shape index (κ3) is 5.60. The van der Waals surface area contributed by atoms with Gasteiger partial charge in [-0.3, -0.25) is 24.2 Å². The van der Waals surface area contributed by atoms with Crippen LogP contribution >= 0.6 is 0 Å². The van der Waals surface area contributed by atoms with E-state index in [9.17, 15) is 24.1 Å². The molecule has 10 heteroatoms. The summed E-state index contributed by atoms with van der Waals surface area (Å²) in [7, 11) is 0. The highest BCUT2D eigenvalue weighted by Gasteiger charge is 2.31. The van der Waals surface area contributed by atoms with E-state index in [4.69, 9.17) is 0 Å². The standard InChI is InChI=1S/C32H28FN5O4/c1-22(25-11-5-3-6-12-25)36-29(18-17-24-19-34-35(20-24)21-27-15-9-10-16-28(27)33)30(38(41)42)31(39)37(32(36)40)23(2)26-13-7-4-8-14-26/h3-20,22-23H,21H2,1-2H3/b18-17+. The minimum atomic E-state index is -0.993. The molecule has 0 spiro atoms. The van der Waals surface area contributed by atoms with Gasteiger partial charge >= 0.3 is 16.9 Å². The number of rotatable bonds is 9. The summed E-state index contributed by atoms with van der Waals surface area (Å²) in [5, 5.41) is 16.7. The molecule has 5 aromatic rings. The summed E-state index contributed by atoms with van der Waals surface area (Å²) in [5.41, 5.74) is -0.114. The van der Waals surface area contributed by atoms with Crippen LogP contribution in [0.5, 0.6) is 0 Å². The Labute approximate surface area is 240 Å². The fraction of sp³-hybridized carbons (Fsp3) is 0.156. The summed E-state index contributed by atoms with van der Waals surface area (Å²) in [4.78, 5) is 39.4. The Morgan fingerprint density at radius 2 is 1.43 bits per heavy atom. The summed E-state index contributed by atoms with van der Waals surface area (Å²) >= 11 is 0. The van der Waals surface area contributed by atoms with Crippen molar-refractivity contribution in [2.24, 2.45) is 0 Å². The molecule has 0 N–H and O–H groups in total. The van der Waals surface area contributed by atoms with Crippen molar-refractivity contribution in [2.45, 2.75) is 32.5 Å². The average Bonchev–Trinajstić information content (AvgIpc) is 3.44. The van der Waals surface area contributed by atoms with E-state index in [2.05, 4.69) is 5.10 Å². The van der Waals surface area contributed by atoms with Gasteiger partial charge in [0.2, 0.25) is 0 Å². The SMILES string of the molecule is CC(c1ccccc1)n1c(/C=C/c2cnn(Cc3ccccc3F)c2)c([N+](=O)[O-])c(=O)n(C(C)c2ccccc2)c1=O. The molecule has 9 nitrogen and oxygen atoms in total. The summed E-state index contributed by atoms with van der Waals surface area (Å²) < 4.78 is 17.9. The molecule has 3 aromatic carbocycles. The minimum Gasteiger partial charge on any atom is -0.280 e. The normalized spacial score (nSPS) is 12.8. The van der Waals surface area contributed by atoms with Crippen LogP contribution in [0.2, 0.25) is 0 Å². The van der Waals surface area contributed by atoms with Crippen LogP contribution in [0.3, 0.4) is 0 Å². The van der Waals surface area contributed by atoms with Crippen LogP contribution in [0.4, 0.5) is 10.1 Å². The Morgan fingerprint density at radius 1 is 0.857 bits per heavy atom. The average molecular weight is 566 g/mol. The van der Waals surface area contributed by atoms with Crippen LogP contribution in [-0.4, -0.2) is 23.8 Å². The van der Waals surface area contributed by atoms with Gasteiger partial charge in [0.1, 0.15) is 11.5 Å². The van der Waals surface area contributed by atoms with Crippen molar-refractivity contribution >= 4 is 17.8 Å². The number of nitrogens with zero attached hydrogens (tertiary/aromatic N) is 5. The fourth-order valence-corrected chi connectivity index (χ4v) is 4.98. The lowest BCUT2D eigenvalue weighted by atomic mass is 10.1. The van der Waals surface area contributed by atoms with Crippen molar-refractivity contribution in [3.8, 4) is 0 Å². The number of hydrogen-bond acceptors (Lipinski definition) is 5. The van der Waals surface area contributed by atoms with Gasteiger partial charge in [-0.05, 0) is 43.2 Å². The highest BCUT2D eigenvalue weighted by Crippen LogP contribution is 2.25. The molecule has 0 aliphatic rings. The van der Waals surface area contributed by atoms with Crippen molar-refractivity contribution in [1.29, 1.82) is 0 Å². The Morgan fingerprint density at radius 3 is 2.02 bits per heavy atom. The highest BCUT2D eigenvalue weighted by atomic mass is 19.1. The molecule has 0 saturated carbocycles. The van der Waals surface area contributed by atoms with Gasteiger partial charge in [-0.15, -0.1) is 0 Å². The predicted molar refractivity (Wildman–Crippen MR) is 159 cm³/mol. The van der Waals surface area contributed by atoms with E-state index in [1.54, 1.807) is 68.6 Å². The molecule has 2 heterocycles. The summed E-state index contributed by atoms with van der Waals surface area (Å²) in [6.07, 6.45) is 6.11. The molecular weight excluding hydrogens is 537 g/mol. The van der Waals surface area contributed by atoms with Gasteiger partial charge in [-0.25, -0.2) is 13.8 Å². The van der Waals surface area contributed by atoms with Crippen molar-refractivity contribution in [3.05, 3.63) is 162 Å². The molecule has 0 fully saturated rings. The van der Waals surface area contributed by atoms with E-state index in [0.29, 0.717) is 16.7 Å². The molecule has 2 aromatic heterocycles. The molecule has 0 aliphatic heterocycles. The van der Waals surface area contributed by atoms with Crippen LogP contribution in [0, 0.1) is 15.9 Å². The summed E-state index contributed by atoms with van der Waals surface area (Å²) in [6.45, 7) is 3.61. The first-order valence-corrected chi connectivity index (χ1v) is 13.4. The van der Waals surface area contributed by atoms with Gasteiger partial charge in [-0.2, -0.15) is 5.10 Å². The predicted octanol–water partition coefficient (Wildman–Crippen LogP) is 5.69. The molecule has 212 valence electrons. The number of hydrogen-bond donors (Lipinski definition) is 0. The quantitative estimate of drug-likeness (QED) is 0.169. The lowest BCUT2D eigenvalue weighted by Crippen LogP contribution is -2.44. The van der Waals surface area contributed by atoms with Gasteiger partial charge in [-0.1, -0.05) is 78.9 Å². The third-order valence-electron chi connectivity index (χ3n) is 7.23. The summed E-state index contributed by atoms with van der Waals surface area (Å²) in [6, 6.07) is 23.0. The first-order chi connectivity index (χ1) is 20.3. The van der Waals surface area contributed by atoms with Crippen LogP contribution in [0.25, 0.3) is 12.2 Å². The van der Waals surface area contributed by atoms with Crippen molar-refractivity contribution < 1.29 is 9.31 Å². The van der Waals surface area contributed by atoms with E-state index >= 15 is 0 Å². The smallest absolute Gasteiger partial charge is 0.280 e. The minimum absolute atomic E-state index is 0.135. The fourth-order valence-electron chi connectivity index (χ4n) is 4.98. The van der Waals surface area contributed by atoms with E-state index in [0.717, 1.165) is 10.1 Å². The lowest BCUT2D eigenvalue weighted by Gasteiger charge is -2.22. The third-order valence-corrected chi connectivity index (χ3v) is 7.23. The topological polar surface area (TPSA) is 105 Å². The zero-order chi connectivity index (χ0) is 29.8. The van der Waals surface area contributed by atoms with E-state index < -0.39 is 33.9 Å². The number of halogens is 1. The second-order valence-corrected chi connectivity index (χ2v) is 9.89. The Balaban J connectivity index is 1.65.